The fourth-order valence-corrected chi connectivity index (χ4v) is 2.03. The summed E-state index contributed by atoms with van der Waals surface area (Å²) in [6.45, 7) is 0. The van der Waals surface area contributed by atoms with Crippen LogP contribution in [-0.4, -0.2) is 28.4 Å². The van der Waals surface area contributed by atoms with Crippen molar-refractivity contribution in [1.29, 1.82) is 0 Å². The third kappa shape index (κ3) is 2.16. The molecular formula is C11H9BrN2O3. The molecule has 88 valence electrons. The third-order valence-electron chi connectivity index (χ3n) is 2.26. The van der Waals surface area contributed by atoms with Crippen LogP contribution in [0.25, 0.3) is 11.3 Å². The van der Waals surface area contributed by atoms with Gasteiger partial charge in [0.15, 0.2) is 0 Å². The van der Waals surface area contributed by atoms with Gasteiger partial charge in [0.1, 0.15) is 11.4 Å². The normalized spacial score (nSPS) is 10.2. The highest BCUT2D eigenvalue weighted by Gasteiger charge is 2.15. The summed E-state index contributed by atoms with van der Waals surface area (Å²) in [6, 6.07) is 6.92. The predicted molar refractivity (Wildman–Crippen MR) is 65.2 cm³/mol. The molecule has 0 aliphatic carbocycles. The molecule has 5 nitrogen and oxygen atoms in total. The summed E-state index contributed by atoms with van der Waals surface area (Å²) in [5.74, 6) is -0.419. The quantitative estimate of drug-likeness (QED) is 0.913. The molecule has 0 atom stereocenters. The molecule has 1 aromatic carbocycles. The van der Waals surface area contributed by atoms with Crippen molar-refractivity contribution in [1.82, 2.24) is 10.2 Å². The standard InChI is InChI=1S/C11H9BrN2O3/c1-17-9-4-2-3-6(12)10(9)7-5-8(11(15)16)14-13-7/h2-5H,1H3,(H,13,14)(H,15,16). The van der Waals surface area contributed by atoms with E-state index in [1.807, 2.05) is 12.1 Å². The molecule has 2 N–H and O–H groups in total. The number of hydrogen-bond donors (Lipinski definition) is 2. The van der Waals surface area contributed by atoms with Crippen molar-refractivity contribution < 1.29 is 14.6 Å². The van der Waals surface area contributed by atoms with E-state index in [2.05, 4.69) is 26.1 Å². The van der Waals surface area contributed by atoms with E-state index in [4.69, 9.17) is 9.84 Å². The molecule has 0 aliphatic rings. The van der Waals surface area contributed by atoms with Crippen LogP contribution < -0.4 is 4.74 Å². The van der Waals surface area contributed by atoms with Gasteiger partial charge >= 0.3 is 5.97 Å². The van der Waals surface area contributed by atoms with Gasteiger partial charge in [-0.25, -0.2) is 4.79 Å². The Balaban J connectivity index is 2.55. The SMILES string of the molecule is COc1cccc(Br)c1-c1cc(C(=O)O)[nH]n1. The largest absolute Gasteiger partial charge is 0.496 e. The van der Waals surface area contributed by atoms with Crippen LogP contribution in [0.5, 0.6) is 5.75 Å². The van der Waals surface area contributed by atoms with Gasteiger partial charge in [0.2, 0.25) is 0 Å². The van der Waals surface area contributed by atoms with Crippen LogP contribution in [0.3, 0.4) is 0 Å². The van der Waals surface area contributed by atoms with E-state index in [0.717, 1.165) is 10.0 Å². The third-order valence-corrected chi connectivity index (χ3v) is 2.92. The Labute approximate surface area is 106 Å². The van der Waals surface area contributed by atoms with Crippen LogP contribution in [0.1, 0.15) is 10.5 Å². The summed E-state index contributed by atoms with van der Waals surface area (Å²) in [5, 5.41) is 15.2. The maximum absolute atomic E-state index is 10.8. The first kappa shape index (κ1) is 11.7. The highest BCUT2D eigenvalue weighted by molar-refractivity contribution is 9.10. The smallest absolute Gasteiger partial charge is 0.353 e. The molecule has 6 heteroatoms. The maximum atomic E-state index is 10.8. The van der Waals surface area contributed by atoms with Gasteiger partial charge in [0.25, 0.3) is 0 Å². The van der Waals surface area contributed by atoms with Crippen LogP contribution in [0, 0.1) is 0 Å². The van der Waals surface area contributed by atoms with Gasteiger partial charge in [0, 0.05) is 4.47 Å². The Morgan fingerprint density at radius 2 is 2.29 bits per heavy atom. The van der Waals surface area contributed by atoms with Crippen molar-refractivity contribution in [2.45, 2.75) is 0 Å². The Kier molecular flexibility index (Phi) is 3.14. The number of ether oxygens (including phenoxy) is 1. The number of carboxylic acids is 1. The van der Waals surface area contributed by atoms with E-state index >= 15 is 0 Å². The van der Waals surface area contributed by atoms with E-state index < -0.39 is 5.97 Å². The molecule has 0 aliphatic heterocycles. The van der Waals surface area contributed by atoms with Gasteiger partial charge in [0.05, 0.1) is 18.4 Å². The maximum Gasteiger partial charge on any atom is 0.353 e. The van der Waals surface area contributed by atoms with Gasteiger partial charge in [-0.15, -0.1) is 0 Å². The summed E-state index contributed by atoms with van der Waals surface area (Å²) < 4.78 is 6.01. The lowest BCUT2D eigenvalue weighted by Crippen LogP contribution is -1.95. The molecule has 0 radical (unpaired) electrons. The van der Waals surface area contributed by atoms with Crippen molar-refractivity contribution in [3.63, 3.8) is 0 Å². The number of aromatic amines is 1. The number of nitrogens with one attached hydrogen (secondary N) is 1. The van der Waals surface area contributed by atoms with Gasteiger partial charge in [-0.2, -0.15) is 5.10 Å². The monoisotopic (exact) mass is 296 g/mol. The van der Waals surface area contributed by atoms with E-state index in [1.165, 1.54) is 6.07 Å². The van der Waals surface area contributed by atoms with Crippen LogP contribution in [0.15, 0.2) is 28.7 Å². The Morgan fingerprint density at radius 1 is 1.53 bits per heavy atom. The minimum atomic E-state index is -1.05. The summed E-state index contributed by atoms with van der Waals surface area (Å²) in [6.07, 6.45) is 0. The average Bonchev–Trinajstić information content (AvgIpc) is 2.77. The number of rotatable bonds is 3. The second-order valence-corrected chi connectivity index (χ2v) is 4.14. The minimum absolute atomic E-state index is 0.0396. The van der Waals surface area contributed by atoms with E-state index in [-0.39, 0.29) is 5.69 Å². The number of halogens is 1. The second kappa shape index (κ2) is 4.58. The first-order valence-electron chi connectivity index (χ1n) is 4.75. The van der Waals surface area contributed by atoms with E-state index in [9.17, 15) is 4.79 Å². The Bertz CT molecular complexity index is 566. The lowest BCUT2D eigenvalue weighted by Gasteiger charge is -2.07. The molecule has 0 unspecified atom stereocenters. The predicted octanol–water partition coefficient (Wildman–Crippen LogP) is 2.55. The minimum Gasteiger partial charge on any atom is -0.496 e. The Morgan fingerprint density at radius 3 is 2.88 bits per heavy atom. The first-order valence-corrected chi connectivity index (χ1v) is 5.54. The lowest BCUT2D eigenvalue weighted by atomic mass is 10.1. The fraction of sp³-hybridized carbons (Fsp3) is 0.0909. The molecule has 17 heavy (non-hydrogen) atoms. The van der Waals surface area contributed by atoms with Crippen LogP contribution in [0.4, 0.5) is 0 Å². The molecule has 0 saturated heterocycles. The number of benzene rings is 1. The second-order valence-electron chi connectivity index (χ2n) is 3.29. The summed E-state index contributed by atoms with van der Waals surface area (Å²) in [5.41, 5.74) is 1.28. The van der Waals surface area contributed by atoms with Gasteiger partial charge in [-0.1, -0.05) is 6.07 Å². The lowest BCUT2D eigenvalue weighted by molar-refractivity contribution is 0.0690. The molecule has 0 fully saturated rings. The van der Waals surface area contributed by atoms with Crippen molar-refractivity contribution >= 4 is 21.9 Å². The van der Waals surface area contributed by atoms with E-state index in [0.29, 0.717) is 11.4 Å². The number of H-pyrrole nitrogens is 1. The zero-order chi connectivity index (χ0) is 12.4. The van der Waals surface area contributed by atoms with Crippen LogP contribution >= 0.6 is 15.9 Å². The topological polar surface area (TPSA) is 75.2 Å². The number of carboxylic acid groups (broad SMARTS) is 1. The van der Waals surface area contributed by atoms with Crippen LogP contribution in [-0.2, 0) is 0 Å². The Hall–Kier alpha value is -1.82. The van der Waals surface area contributed by atoms with Gasteiger partial charge in [-0.05, 0) is 34.1 Å². The number of hydrogen-bond acceptors (Lipinski definition) is 3. The van der Waals surface area contributed by atoms with Crippen molar-refractivity contribution in [2.24, 2.45) is 0 Å². The molecule has 0 saturated carbocycles. The zero-order valence-electron chi connectivity index (χ0n) is 8.90. The fourth-order valence-electron chi connectivity index (χ4n) is 1.48. The zero-order valence-corrected chi connectivity index (χ0v) is 10.5. The summed E-state index contributed by atoms with van der Waals surface area (Å²) >= 11 is 3.39. The van der Waals surface area contributed by atoms with Crippen molar-refractivity contribution in [2.75, 3.05) is 7.11 Å². The first-order chi connectivity index (χ1) is 8.13. The molecule has 0 spiro atoms. The molecule has 2 aromatic rings. The number of methoxy groups -OCH3 is 1. The van der Waals surface area contributed by atoms with Crippen LogP contribution in [0.2, 0.25) is 0 Å². The molecule has 1 heterocycles. The van der Waals surface area contributed by atoms with Gasteiger partial charge in [-0.3, -0.25) is 5.10 Å². The highest BCUT2D eigenvalue weighted by Crippen LogP contribution is 2.35. The van der Waals surface area contributed by atoms with E-state index in [1.54, 1.807) is 13.2 Å². The van der Waals surface area contributed by atoms with Gasteiger partial charge < -0.3 is 9.84 Å². The average molecular weight is 297 g/mol. The summed E-state index contributed by atoms with van der Waals surface area (Å²) in [4.78, 5) is 10.8. The molecule has 0 bridgehead atoms. The number of aromatic carboxylic acids is 1. The molecule has 2 rings (SSSR count). The summed E-state index contributed by atoms with van der Waals surface area (Å²) in [7, 11) is 1.55. The number of nitrogens with zero attached hydrogens (tertiary/aromatic N) is 1. The molecule has 1 aromatic heterocycles. The number of aromatic nitrogens is 2. The van der Waals surface area contributed by atoms with Crippen molar-refractivity contribution in [3.05, 3.63) is 34.4 Å². The van der Waals surface area contributed by atoms with Crippen molar-refractivity contribution in [3.8, 4) is 17.0 Å². The molecular weight excluding hydrogens is 288 g/mol. The highest BCUT2D eigenvalue weighted by atomic mass is 79.9. The number of carbonyl (C=O) groups is 1. The molecule has 0 amide bonds.